The van der Waals surface area contributed by atoms with Crippen molar-refractivity contribution in [3.8, 4) is 0 Å². The van der Waals surface area contributed by atoms with Crippen molar-refractivity contribution in [2.75, 3.05) is 13.6 Å². The first kappa shape index (κ1) is 13.4. The lowest BCUT2D eigenvalue weighted by Gasteiger charge is -2.20. The van der Waals surface area contributed by atoms with Crippen LogP contribution in [0.3, 0.4) is 0 Å². The predicted octanol–water partition coefficient (Wildman–Crippen LogP) is 1.41. The highest BCUT2D eigenvalue weighted by atomic mass is 35.5. The molecule has 1 aliphatic carbocycles. The van der Waals surface area contributed by atoms with Crippen LogP contribution in [-0.2, 0) is 11.2 Å². The zero-order valence-electron chi connectivity index (χ0n) is 10.5. The van der Waals surface area contributed by atoms with Crippen LogP contribution < -0.4 is 0 Å². The van der Waals surface area contributed by atoms with Crippen molar-refractivity contribution < 1.29 is 14.4 Å². The third-order valence-corrected chi connectivity index (χ3v) is 3.61. The quantitative estimate of drug-likeness (QED) is 0.880. The normalized spacial score (nSPS) is 16.7. The largest absolute Gasteiger partial charge is 0.391 e. The fourth-order valence-electron chi connectivity index (χ4n) is 1.86. The van der Waals surface area contributed by atoms with Gasteiger partial charge in [-0.1, -0.05) is 5.16 Å². The van der Waals surface area contributed by atoms with Crippen molar-refractivity contribution in [1.29, 1.82) is 0 Å². The number of rotatable bonds is 5. The lowest BCUT2D eigenvalue weighted by Crippen LogP contribution is -2.36. The van der Waals surface area contributed by atoms with E-state index < -0.39 is 6.10 Å². The number of aliphatic hydroxyl groups excluding tert-OH is 1. The van der Waals surface area contributed by atoms with E-state index in [1.807, 2.05) is 0 Å². The third kappa shape index (κ3) is 3.03. The number of hydrogen-bond donors (Lipinski definition) is 1. The first-order valence-corrected chi connectivity index (χ1v) is 6.39. The number of nitrogens with zero attached hydrogens (tertiary/aromatic N) is 2. The van der Waals surface area contributed by atoms with Gasteiger partial charge < -0.3 is 14.5 Å². The smallest absolute Gasteiger partial charge is 0.229 e. The lowest BCUT2D eigenvalue weighted by molar-refractivity contribution is -0.130. The number of hydrogen-bond acceptors (Lipinski definition) is 4. The van der Waals surface area contributed by atoms with Gasteiger partial charge in [0.2, 0.25) is 11.1 Å². The van der Waals surface area contributed by atoms with Gasteiger partial charge in [0.25, 0.3) is 0 Å². The molecule has 100 valence electrons. The second-order valence-electron chi connectivity index (χ2n) is 4.88. The van der Waals surface area contributed by atoms with Crippen molar-refractivity contribution >= 4 is 17.5 Å². The molecule has 1 atom stereocenters. The average Bonchev–Trinajstić information content (AvgIpc) is 3.11. The number of aryl methyl sites for hydroxylation is 1. The van der Waals surface area contributed by atoms with Crippen molar-refractivity contribution in [3.05, 3.63) is 16.5 Å². The molecule has 1 fully saturated rings. The Morgan fingerprint density at radius 1 is 1.67 bits per heavy atom. The summed E-state index contributed by atoms with van der Waals surface area (Å²) in [5.74, 6) is 0.268. The molecule has 1 unspecified atom stereocenters. The Hall–Kier alpha value is -1.07. The van der Waals surface area contributed by atoms with Gasteiger partial charge in [-0.25, -0.2) is 0 Å². The fraction of sp³-hybridized carbons (Fsp3) is 0.667. The second kappa shape index (κ2) is 5.28. The minimum Gasteiger partial charge on any atom is -0.391 e. The summed E-state index contributed by atoms with van der Waals surface area (Å²) in [6.45, 7) is 2.11. The molecule has 2 rings (SSSR count). The molecule has 1 saturated carbocycles. The van der Waals surface area contributed by atoms with Gasteiger partial charge in [0.1, 0.15) is 0 Å². The zero-order chi connectivity index (χ0) is 13.3. The summed E-state index contributed by atoms with van der Waals surface area (Å²) < 4.78 is 4.80. The van der Waals surface area contributed by atoms with Gasteiger partial charge in [0.15, 0.2) is 0 Å². The number of halogens is 1. The monoisotopic (exact) mass is 272 g/mol. The number of amides is 1. The third-order valence-electron chi connectivity index (χ3n) is 3.32. The molecule has 0 radical (unpaired) electrons. The first-order valence-electron chi connectivity index (χ1n) is 6.01. The van der Waals surface area contributed by atoms with Crippen molar-refractivity contribution in [2.24, 2.45) is 5.92 Å². The lowest BCUT2D eigenvalue weighted by atomic mass is 10.1. The average molecular weight is 273 g/mol. The van der Waals surface area contributed by atoms with Crippen LogP contribution >= 0.6 is 11.6 Å². The van der Waals surface area contributed by atoms with Crippen LogP contribution in [-0.4, -0.2) is 40.8 Å². The number of aliphatic hydroxyl groups is 1. The molecule has 1 amide bonds. The number of carbonyl (C=O) groups is 1. The van der Waals surface area contributed by atoms with Crippen molar-refractivity contribution in [1.82, 2.24) is 10.1 Å². The Balaban J connectivity index is 1.90. The molecule has 1 aliphatic rings. The van der Waals surface area contributed by atoms with Crippen LogP contribution in [0.4, 0.5) is 0 Å². The molecule has 1 aromatic heterocycles. The van der Waals surface area contributed by atoms with E-state index in [0.29, 0.717) is 23.7 Å². The minimum absolute atomic E-state index is 0.0945. The first-order chi connectivity index (χ1) is 8.49. The van der Waals surface area contributed by atoms with Crippen LogP contribution in [0.1, 0.15) is 24.1 Å². The topological polar surface area (TPSA) is 66.6 Å². The molecule has 0 aromatic carbocycles. The van der Waals surface area contributed by atoms with Gasteiger partial charge in [0, 0.05) is 19.2 Å². The molecule has 18 heavy (non-hydrogen) atoms. The number of likely N-dealkylation sites (N-methyl/N-ethyl adjacent to an activating group) is 1. The molecule has 0 spiro atoms. The summed E-state index contributed by atoms with van der Waals surface area (Å²) >= 11 is 5.81. The van der Waals surface area contributed by atoms with Crippen LogP contribution in [0.15, 0.2) is 4.52 Å². The van der Waals surface area contributed by atoms with E-state index in [0.717, 1.165) is 12.8 Å². The highest BCUT2D eigenvalue weighted by Gasteiger charge is 2.31. The second-order valence-corrected chi connectivity index (χ2v) is 5.22. The van der Waals surface area contributed by atoms with E-state index in [2.05, 4.69) is 5.16 Å². The summed E-state index contributed by atoms with van der Waals surface area (Å²) in [7, 11) is 1.69. The SMILES string of the molecule is Cc1noc(Cl)c1CC(=O)N(C)CC(O)C1CC1. The maximum Gasteiger partial charge on any atom is 0.229 e. The number of aromatic nitrogens is 1. The highest BCUT2D eigenvalue weighted by Crippen LogP contribution is 2.32. The summed E-state index contributed by atoms with van der Waals surface area (Å²) in [6, 6.07) is 0. The molecule has 1 N–H and O–H groups in total. The van der Waals surface area contributed by atoms with Gasteiger partial charge >= 0.3 is 0 Å². The van der Waals surface area contributed by atoms with E-state index in [9.17, 15) is 9.90 Å². The van der Waals surface area contributed by atoms with Crippen LogP contribution in [0.25, 0.3) is 0 Å². The summed E-state index contributed by atoms with van der Waals surface area (Å²) in [5.41, 5.74) is 1.25. The van der Waals surface area contributed by atoms with E-state index in [-0.39, 0.29) is 17.5 Å². The predicted molar refractivity (Wildman–Crippen MR) is 66.3 cm³/mol. The molecule has 5 nitrogen and oxygen atoms in total. The fourth-order valence-corrected chi connectivity index (χ4v) is 2.10. The molecule has 1 aromatic rings. The maximum atomic E-state index is 12.0. The number of carbonyl (C=O) groups excluding carboxylic acids is 1. The Bertz CT molecular complexity index is 423. The van der Waals surface area contributed by atoms with E-state index in [1.54, 1.807) is 14.0 Å². The molecular weight excluding hydrogens is 256 g/mol. The van der Waals surface area contributed by atoms with Gasteiger partial charge in [-0.3, -0.25) is 4.79 Å². The summed E-state index contributed by atoms with van der Waals surface area (Å²) in [6.07, 6.45) is 1.85. The van der Waals surface area contributed by atoms with E-state index in [4.69, 9.17) is 16.1 Å². The molecule has 0 bridgehead atoms. The molecule has 1 heterocycles. The van der Waals surface area contributed by atoms with Crippen molar-refractivity contribution in [2.45, 2.75) is 32.3 Å². The summed E-state index contributed by atoms with van der Waals surface area (Å²) in [5, 5.41) is 13.7. The molecule has 0 aliphatic heterocycles. The van der Waals surface area contributed by atoms with E-state index >= 15 is 0 Å². The van der Waals surface area contributed by atoms with Gasteiger partial charge in [-0.05, 0) is 37.3 Å². The highest BCUT2D eigenvalue weighted by molar-refractivity contribution is 6.29. The minimum atomic E-state index is -0.419. The van der Waals surface area contributed by atoms with Gasteiger partial charge in [0.05, 0.1) is 18.2 Å². The molecular formula is C12H17ClN2O3. The Morgan fingerprint density at radius 2 is 2.33 bits per heavy atom. The Kier molecular flexibility index (Phi) is 3.92. The van der Waals surface area contributed by atoms with Crippen LogP contribution in [0.2, 0.25) is 5.22 Å². The summed E-state index contributed by atoms with van der Waals surface area (Å²) in [4.78, 5) is 13.5. The van der Waals surface area contributed by atoms with E-state index in [1.165, 1.54) is 4.90 Å². The van der Waals surface area contributed by atoms with Crippen LogP contribution in [0, 0.1) is 12.8 Å². The molecule has 0 saturated heterocycles. The van der Waals surface area contributed by atoms with Gasteiger partial charge in [-0.15, -0.1) is 0 Å². The maximum absolute atomic E-state index is 12.0. The Labute approximate surface area is 111 Å². The van der Waals surface area contributed by atoms with Crippen LogP contribution in [0.5, 0.6) is 0 Å². The standard InChI is InChI=1S/C12H17ClN2O3/c1-7-9(12(13)18-14-7)5-11(17)15(2)6-10(16)8-3-4-8/h8,10,16H,3-6H2,1-2H3. The zero-order valence-corrected chi connectivity index (χ0v) is 11.3. The van der Waals surface area contributed by atoms with Crippen molar-refractivity contribution in [3.63, 3.8) is 0 Å². The van der Waals surface area contributed by atoms with Gasteiger partial charge in [-0.2, -0.15) is 0 Å². The molecule has 6 heteroatoms. The Morgan fingerprint density at radius 3 is 2.83 bits per heavy atom.